The molecule has 0 aliphatic carbocycles. The minimum absolute atomic E-state index is 0.273. The number of ether oxygens (including phenoxy) is 1. The van der Waals surface area contributed by atoms with Crippen molar-refractivity contribution in [1.29, 1.82) is 0 Å². The summed E-state index contributed by atoms with van der Waals surface area (Å²) in [7, 11) is 0. The smallest absolute Gasteiger partial charge is 0.335 e. The van der Waals surface area contributed by atoms with E-state index in [-0.39, 0.29) is 5.56 Å². The second kappa shape index (κ2) is 10.7. The number of hydrogen-bond acceptors (Lipinski definition) is 4. The van der Waals surface area contributed by atoms with E-state index in [2.05, 4.69) is 64.4 Å². The lowest BCUT2D eigenvalue weighted by Crippen LogP contribution is -2.46. The first-order valence-electron chi connectivity index (χ1n) is 12.1. The maximum absolute atomic E-state index is 11.6. The van der Waals surface area contributed by atoms with E-state index in [0.29, 0.717) is 6.61 Å². The van der Waals surface area contributed by atoms with Crippen LogP contribution in [-0.4, -0.2) is 60.1 Å². The van der Waals surface area contributed by atoms with Gasteiger partial charge in [-0.1, -0.05) is 72.8 Å². The highest BCUT2D eigenvalue weighted by Crippen LogP contribution is 2.37. The number of benzene rings is 3. The molecule has 0 radical (unpaired) electrons. The van der Waals surface area contributed by atoms with Crippen LogP contribution in [0.2, 0.25) is 0 Å². The number of aromatic carboxylic acids is 1. The average Bonchev–Trinajstić information content (AvgIpc) is 3.05. The first-order chi connectivity index (χ1) is 17.2. The molecule has 3 aromatic rings. The van der Waals surface area contributed by atoms with Crippen molar-refractivity contribution in [2.75, 3.05) is 39.3 Å². The lowest BCUT2D eigenvalue weighted by Gasteiger charge is -2.33. The second-order valence-corrected chi connectivity index (χ2v) is 8.99. The molecular weight excluding hydrogens is 436 g/mol. The Morgan fingerprint density at radius 3 is 2.34 bits per heavy atom. The molecule has 0 unspecified atom stereocenters. The number of rotatable bonds is 6. The molecule has 35 heavy (non-hydrogen) atoms. The maximum atomic E-state index is 11.6. The Morgan fingerprint density at radius 1 is 0.857 bits per heavy atom. The van der Waals surface area contributed by atoms with E-state index in [0.717, 1.165) is 67.3 Å². The lowest BCUT2D eigenvalue weighted by atomic mass is 9.93. The Balaban J connectivity index is 1.29. The van der Waals surface area contributed by atoms with Crippen molar-refractivity contribution < 1.29 is 14.6 Å². The first-order valence-corrected chi connectivity index (χ1v) is 12.1. The number of carboxylic acid groups (broad SMARTS) is 1. The van der Waals surface area contributed by atoms with Gasteiger partial charge in [-0.05, 0) is 40.5 Å². The summed E-state index contributed by atoms with van der Waals surface area (Å²) >= 11 is 0. The van der Waals surface area contributed by atoms with Gasteiger partial charge in [0.25, 0.3) is 0 Å². The average molecular weight is 467 g/mol. The third kappa shape index (κ3) is 5.53. The molecule has 178 valence electrons. The van der Waals surface area contributed by atoms with Gasteiger partial charge in [0.2, 0.25) is 0 Å². The number of carbonyl (C=O) groups is 1. The predicted molar refractivity (Wildman–Crippen MR) is 140 cm³/mol. The Labute approximate surface area is 206 Å². The minimum Gasteiger partial charge on any atom is -0.488 e. The highest BCUT2D eigenvalue weighted by Gasteiger charge is 2.21. The zero-order valence-corrected chi connectivity index (χ0v) is 19.8. The summed E-state index contributed by atoms with van der Waals surface area (Å²) in [5.74, 6) is -0.199. The van der Waals surface area contributed by atoms with E-state index in [4.69, 9.17) is 4.74 Å². The summed E-state index contributed by atoms with van der Waals surface area (Å²) in [6.45, 7) is 6.31. The van der Waals surface area contributed by atoms with E-state index in [1.54, 1.807) is 18.2 Å². The minimum atomic E-state index is -0.929. The second-order valence-electron chi connectivity index (χ2n) is 8.99. The lowest BCUT2D eigenvalue weighted by molar-refractivity contribution is 0.0697. The molecule has 2 aliphatic rings. The molecule has 0 aromatic heterocycles. The highest BCUT2D eigenvalue weighted by atomic mass is 16.5. The Hall–Kier alpha value is -3.67. The van der Waals surface area contributed by atoms with Gasteiger partial charge in [0.15, 0.2) is 0 Å². The summed E-state index contributed by atoms with van der Waals surface area (Å²) in [5, 5.41) is 9.55. The number of piperazine rings is 1. The van der Waals surface area contributed by atoms with Gasteiger partial charge in [-0.25, -0.2) is 4.79 Å². The van der Waals surface area contributed by atoms with Crippen LogP contribution in [0.5, 0.6) is 5.75 Å². The SMILES string of the molecule is O=C(O)c1ccc2c(c1)C(=CCN1CCN(C/C=C/c3ccccc3)CC1)c1ccccc1CO2. The van der Waals surface area contributed by atoms with Crippen molar-refractivity contribution in [2.45, 2.75) is 6.61 Å². The van der Waals surface area contributed by atoms with Gasteiger partial charge in [-0.3, -0.25) is 9.80 Å². The summed E-state index contributed by atoms with van der Waals surface area (Å²) in [5.41, 5.74) is 5.62. The summed E-state index contributed by atoms with van der Waals surface area (Å²) in [6.07, 6.45) is 6.67. The summed E-state index contributed by atoms with van der Waals surface area (Å²) in [4.78, 5) is 16.6. The first kappa shape index (κ1) is 23.1. The van der Waals surface area contributed by atoms with Crippen LogP contribution in [0.25, 0.3) is 11.6 Å². The fourth-order valence-electron chi connectivity index (χ4n) is 4.71. The summed E-state index contributed by atoms with van der Waals surface area (Å²) in [6, 6.07) is 23.8. The maximum Gasteiger partial charge on any atom is 0.335 e. The molecule has 0 atom stereocenters. The molecule has 5 nitrogen and oxygen atoms in total. The molecule has 1 N–H and O–H groups in total. The van der Waals surface area contributed by atoms with Crippen molar-refractivity contribution in [3.8, 4) is 5.75 Å². The van der Waals surface area contributed by atoms with E-state index in [1.165, 1.54) is 5.56 Å². The summed E-state index contributed by atoms with van der Waals surface area (Å²) < 4.78 is 6.05. The molecule has 5 heteroatoms. The van der Waals surface area contributed by atoms with Crippen molar-refractivity contribution in [3.05, 3.63) is 113 Å². The van der Waals surface area contributed by atoms with Crippen LogP contribution >= 0.6 is 0 Å². The molecule has 0 saturated carbocycles. The normalized spacial score (nSPS) is 17.5. The van der Waals surface area contributed by atoms with Gasteiger partial charge in [0.1, 0.15) is 12.4 Å². The van der Waals surface area contributed by atoms with E-state index in [1.807, 2.05) is 18.2 Å². The van der Waals surface area contributed by atoms with E-state index < -0.39 is 5.97 Å². The number of fused-ring (bicyclic) bond motifs is 2. The molecule has 0 spiro atoms. The monoisotopic (exact) mass is 466 g/mol. The highest BCUT2D eigenvalue weighted by molar-refractivity contribution is 5.92. The van der Waals surface area contributed by atoms with E-state index >= 15 is 0 Å². The van der Waals surface area contributed by atoms with Crippen molar-refractivity contribution in [3.63, 3.8) is 0 Å². The van der Waals surface area contributed by atoms with Crippen LogP contribution in [0.15, 0.2) is 84.9 Å². The molecule has 3 aromatic carbocycles. The van der Waals surface area contributed by atoms with Gasteiger partial charge in [0, 0.05) is 44.8 Å². The fraction of sp³-hybridized carbons (Fsp3) is 0.233. The van der Waals surface area contributed by atoms with Crippen LogP contribution in [0.1, 0.15) is 32.6 Å². The van der Waals surface area contributed by atoms with Crippen LogP contribution in [0.3, 0.4) is 0 Å². The van der Waals surface area contributed by atoms with Gasteiger partial charge in [0.05, 0.1) is 5.56 Å². The molecule has 1 saturated heterocycles. The predicted octanol–water partition coefficient (Wildman–Crippen LogP) is 5.04. The third-order valence-corrected chi connectivity index (χ3v) is 6.70. The van der Waals surface area contributed by atoms with Gasteiger partial charge in [-0.2, -0.15) is 0 Å². The number of nitrogens with zero attached hydrogens (tertiary/aromatic N) is 2. The van der Waals surface area contributed by atoms with Gasteiger partial charge < -0.3 is 9.84 Å². The molecule has 2 aliphatic heterocycles. The molecule has 2 heterocycles. The molecular formula is C30H30N2O3. The van der Waals surface area contributed by atoms with Crippen molar-refractivity contribution in [1.82, 2.24) is 9.80 Å². The van der Waals surface area contributed by atoms with E-state index in [9.17, 15) is 9.90 Å². The zero-order chi connectivity index (χ0) is 24.0. The Bertz CT molecular complexity index is 1240. The zero-order valence-electron chi connectivity index (χ0n) is 19.8. The van der Waals surface area contributed by atoms with Crippen LogP contribution < -0.4 is 4.74 Å². The number of carboxylic acids is 1. The molecule has 0 bridgehead atoms. The fourth-order valence-corrected chi connectivity index (χ4v) is 4.71. The van der Waals surface area contributed by atoms with Crippen molar-refractivity contribution in [2.24, 2.45) is 0 Å². The Morgan fingerprint density at radius 2 is 1.57 bits per heavy atom. The topological polar surface area (TPSA) is 53.0 Å². The quantitative estimate of drug-likeness (QED) is 0.552. The van der Waals surface area contributed by atoms with Gasteiger partial charge >= 0.3 is 5.97 Å². The van der Waals surface area contributed by atoms with Crippen LogP contribution in [0, 0.1) is 0 Å². The van der Waals surface area contributed by atoms with Gasteiger partial charge in [-0.15, -0.1) is 0 Å². The number of hydrogen-bond donors (Lipinski definition) is 1. The van der Waals surface area contributed by atoms with Crippen LogP contribution in [-0.2, 0) is 6.61 Å². The van der Waals surface area contributed by atoms with Crippen molar-refractivity contribution >= 4 is 17.6 Å². The standard InChI is InChI=1S/C30H30N2O3/c33-30(34)24-12-13-29-28(21-24)27(26-11-5-4-10-25(26)22-35-29)14-16-32-19-17-31(18-20-32)15-6-9-23-7-2-1-3-8-23/h1-14,21H,15-20,22H2,(H,33,34)/b9-6+,27-14?. The molecule has 0 amide bonds. The van der Waals surface area contributed by atoms with Crippen LogP contribution in [0.4, 0.5) is 0 Å². The third-order valence-electron chi connectivity index (χ3n) is 6.70. The molecule has 1 fully saturated rings. The largest absolute Gasteiger partial charge is 0.488 e. The molecule has 5 rings (SSSR count). The Kier molecular flexibility index (Phi) is 7.07.